The monoisotopic (exact) mass is 259 g/mol. The number of ether oxygens (including phenoxy) is 1. The molecule has 1 atom stereocenters. The Morgan fingerprint density at radius 1 is 1.21 bits per heavy atom. The normalized spacial score (nSPS) is 21.7. The number of nitrogens with zero attached hydrogens (tertiary/aromatic N) is 1. The van der Waals surface area contributed by atoms with E-state index in [0.29, 0.717) is 12.2 Å². The first-order valence-electron chi connectivity index (χ1n) is 6.76. The summed E-state index contributed by atoms with van der Waals surface area (Å²) in [6.07, 6.45) is 1.46. The molecule has 1 unspecified atom stereocenters. The van der Waals surface area contributed by atoms with Gasteiger partial charge in [-0.05, 0) is 43.9 Å². The fourth-order valence-electron chi connectivity index (χ4n) is 2.77. The third-order valence-electron chi connectivity index (χ3n) is 4.49. The van der Waals surface area contributed by atoms with E-state index >= 15 is 0 Å². The lowest BCUT2D eigenvalue weighted by atomic mass is 9.81. The van der Waals surface area contributed by atoms with E-state index in [2.05, 4.69) is 6.07 Å². The van der Waals surface area contributed by atoms with Crippen molar-refractivity contribution in [2.45, 2.75) is 53.1 Å². The molecule has 1 N–H and O–H groups in total. The molecule has 0 saturated carbocycles. The Kier molecular flexibility index (Phi) is 3.22. The van der Waals surface area contributed by atoms with Crippen LogP contribution in [-0.2, 0) is 6.42 Å². The first-order valence-corrected chi connectivity index (χ1v) is 6.76. The zero-order valence-electron chi connectivity index (χ0n) is 12.3. The molecule has 102 valence electrons. The summed E-state index contributed by atoms with van der Waals surface area (Å²) in [7, 11) is 0. The minimum Gasteiger partial charge on any atom is -0.507 e. The molecule has 1 aliphatic rings. The number of hydrogen-bond acceptors (Lipinski definition) is 3. The van der Waals surface area contributed by atoms with Crippen LogP contribution in [0.25, 0.3) is 0 Å². The number of aromatic hydroxyl groups is 1. The van der Waals surface area contributed by atoms with E-state index in [4.69, 9.17) is 4.74 Å². The molecule has 1 aliphatic heterocycles. The molecule has 3 heteroatoms. The molecule has 3 nitrogen and oxygen atoms in total. The summed E-state index contributed by atoms with van der Waals surface area (Å²) in [4.78, 5) is 0. The van der Waals surface area contributed by atoms with E-state index < -0.39 is 5.60 Å². The number of rotatable bonds is 1. The zero-order valence-corrected chi connectivity index (χ0v) is 12.3. The Morgan fingerprint density at radius 2 is 1.84 bits per heavy atom. The molecular formula is C16H21NO2. The van der Waals surface area contributed by atoms with Crippen molar-refractivity contribution >= 4 is 0 Å². The second kappa shape index (κ2) is 4.45. The molecule has 0 aliphatic carbocycles. The molecule has 19 heavy (non-hydrogen) atoms. The molecule has 0 saturated heterocycles. The van der Waals surface area contributed by atoms with Gasteiger partial charge in [0.05, 0.1) is 0 Å². The topological polar surface area (TPSA) is 53.2 Å². The highest BCUT2D eigenvalue weighted by Gasteiger charge is 2.41. The maximum absolute atomic E-state index is 10.1. The predicted molar refractivity (Wildman–Crippen MR) is 74.4 cm³/mol. The fourth-order valence-corrected chi connectivity index (χ4v) is 2.77. The van der Waals surface area contributed by atoms with Gasteiger partial charge in [0.1, 0.15) is 17.6 Å². The Morgan fingerprint density at radius 3 is 2.37 bits per heavy atom. The van der Waals surface area contributed by atoms with Crippen LogP contribution in [0.15, 0.2) is 0 Å². The largest absolute Gasteiger partial charge is 0.507 e. The predicted octanol–water partition coefficient (Wildman–Crippen LogP) is 3.56. The molecule has 2 rings (SSSR count). The number of phenolic OH excluding ortho intramolecular Hbond substituents is 1. The van der Waals surface area contributed by atoms with Crippen LogP contribution < -0.4 is 4.74 Å². The standard InChI is InChI=1S/C16H21NO2/c1-9(2)16(8-17)7-6-13-12(5)14(18)10(3)11(4)15(13)19-16/h9,18H,6-7H2,1-5H3. The second-order valence-corrected chi connectivity index (χ2v) is 5.79. The second-order valence-electron chi connectivity index (χ2n) is 5.79. The van der Waals surface area contributed by atoms with Crippen LogP contribution in [0.1, 0.15) is 42.5 Å². The van der Waals surface area contributed by atoms with Crippen LogP contribution >= 0.6 is 0 Å². The van der Waals surface area contributed by atoms with Gasteiger partial charge in [-0.1, -0.05) is 13.8 Å². The van der Waals surface area contributed by atoms with E-state index in [0.717, 1.165) is 34.4 Å². The number of nitriles is 1. The van der Waals surface area contributed by atoms with Gasteiger partial charge < -0.3 is 9.84 Å². The van der Waals surface area contributed by atoms with Crippen molar-refractivity contribution in [1.29, 1.82) is 5.26 Å². The lowest BCUT2D eigenvalue weighted by Gasteiger charge is -2.38. The summed E-state index contributed by atoms with van der Waals surface area (Å²) < 4.78 is 6.11. The van der Waals surface area contributed by atoms with Crippen LogP contribution in [0.5, 0.6) is 11.5 Å². The first kappa shape index (κ1) is 13.7. The minimum atomic E-state index is -0.742. The molecule has 0 aromatic heterocycles. The van der Waals surface area contributed by atoms with Crippen molar-refractivity contribution in [2.75, 3.05) is 0 Å². The summed E-state index contributed by atoms with van der Waals surface area (Å²) >= 11 is 0. The number of benzene rings is 1. The number of hydrogen-bond donors (Lipinski definition) is 1. The summed E-state index contributed by atoms with van der Waals surface area (Å²) in [5, 5.41) is 19.6. The fraction of sp³-hybridized carbons (Fsp3) is 0.562. The van der Waals surface area contributed by atoms with Crippen molar-refractivity contribution in [3.8, 4) is 17.6 Å². The van der Waals surface area contributed by atoms with Crippen LogP contribution in [0.3, 0.4) is 0 Å². The minimum absolute atomic E-state index is 0.138. The van der Waals surface area contributed by atoms with Crippen LogP contribution in [0.4, 0.5) is 0 Å². The molecule has 0 bridgehead atoms. The van der Waals surface area contributed by atoms with Gasteiger partial charge in [-0.2, -0.15) is 5.26 Å². The summed E-state index contributed by atoms with van der Waals surface area (Å²) in [6.45, 7) is 9.78. The molecular weight excluding hydrogens is 238 g/mol. The van der Waals surface area contributed by atoms with Gasteiger partial charge in [-0.3, -0.25) is 0 Å². The molecule has 0 radical (unpaired) electrons. The third kappa shape index (κ3) is 1.87. The Bertz CT molecular complexity index is 569. The SMILES string of the molecule is Cc1c(C)c2c(c(C)c1O)CCC(C#N)(C(C)C)O2. The van der Waals surface area contributed by atoms with Gasteiger partial charge in [0.25, 0.3) is 0 Å². The maximum Gasteiger partial charge on any atom is 0.196 e. The molecule has 1 aromatic rings. The highest BCUT2D eigenvalue weighted by Crippen LogP contribution is 2.44. The third-order valence-corrected chi connectivity index (χ3v) is 4.49. The van der Waals surface area contributed by atoms with Crippen molar-refractivity contribution in [2.24, 2.45) is 5.92 Å². The Hall–Kier alpha value is -1.69. The van der Waals surface area contributed by atoms with Gasteiger partial charge in [-0.15, -0.1) is 0 Å². The summed E-state index contributed by atoms with van der Waals surface area (Å²) in [5.41, 5.74) is 2.97. The molecule has 1 heterocycles. The van der Waals surface area contributed by atoms with Crippen LogP contribution in [-0.4, -0.2) is 10.7 Å². The lowest BCUT2D eigenvalue weighted by molar-refractivity contribution is 0.0550. The van der Waals surface area contributed by atoms with E-state index in [-0.39, 0.29) is 5.92 Å². The van der Waals surface area contributed by atoms with E-state index in [1.807, 2.05) is 34.6 Å². The van der Waals surface area contributed by atoms with Crippen LogP contribution in [0.2, 0.25) is 0 Å². The zero-order chi connectivity index (χ0) is 14.4. The van der Waals surface area contributed by atoms with E-state index in [1.165, 1.54) is 0 Å². The first-order chi connectivity index (χ1) is 8.84. The molecule has 0 amide bonds. The van der Waals surface area contributed by atoms with Gasteiger partial charge in [-0.25, -0.2) is 0 Å². The molecule has 0 spiro atoms. The summed E-state index contributed by atoms with van der Waals surface area (Å²) in [5.74, 6) is 1.29. The van der Waals surface area contributed by atoms with Crippen molar-refractivity contribution in [3.63, 3.8) is 0 Å². The molecule has 0 fully saturated rings. The Labute approximate surface area is 114 Å². The average molecular weight is 259 g/mol. The summed E-state index contributed by atoms with van der Waals surface area (Å²) in [6, 6.07) is 2.35. The van der Waals surface area contributed by atoms with Gasteiger partial charge in [0.2, 0.25) is 0 Å². The van der Waals surface area contributed by atoms with Gasteiger partial charge in [0.15, 0.2) is 5.60 Å². The molecule has 1 aromatic carbocycles. The van der Waals surface area contributed by atoms with Crippen molar-refractivity contribution in [1.82, 2.24) is 0 Å². The lowest BCUT2D eigenvalue weighted by Crippen LogP contribution is -2.43. The van der Waals surface area contributed by atoms with Gasteiger partial charge in [0, 0.05) is 17.9 Å². The number of phenols is 1. The van der Waals surface area contributed by atoms with E-state index in [9.17, 15) is 10.4 Å². The van der Waals surface area contributed by atoms with Crippen LogP contribution in [0, 0.1) is 38.0 Å². The maximum atomic E-state index is 10.1. The van der Waals surface area contributed by atoms with E-state index in [1.54, 1.807) is 0 Å². The highest BCUT2D eigenvalue weighted by atomic mass is 16.5. The van der Waals surface area contributed by atoms with Crippen molar-refractivity contribution < 1.29 is 9.84 Å². The quantitative estimate of drug-likeness (QED) is 0.839. The average Bonchev–Trinajstić information content (AvgIpc) is 2.41. The van der Waals surface area contributed by atoms with Gasteiger partial charge >= 0.3 is 0 Å². The Balaban J connectivity index is 2.62. The highest BCUT2D eigenvalue weighted by molar-refractivity contribution is 5.58. The van der Waals surface area contributed by atoms with Crippen molar-refractivity contribution in [3.05, 3.63) is 22.3 Å². The smallest absolute Gasteiger partial charge is 0.196 e. The number of fused-ring (bicyclic) bond motifs is 1.